The van der Waals surface area contributed by atoms with E-state index in [0.717, 1.165) is 11.1 Å². The number of nitrogens with two attached hydrogens (primary N) is 1. The fraction of sp³-hybridized carbons (Fsp3) is 0.450. The van der Waals surface area contributed by atoms with E-state index in [4.69, 9.17) is 10.3 Å². The quantitative estimate of drug-likeness (QED) is 0.586. The zero-order valence-corrected chi connectivity index (χ0v) is 16.4. The molecule has 0 spiro atoms. The molecule has 1 saturated heterocycles. The monoisotopic (exact) mass is 425 g/mol. The number of aromatic nitrogens is 2. The summed E-state index contributed by atoms with van der Waals surface area (Å²) in [5.41, 5.74) is 6.67. The SMILES string of the molecule is CN1CC[C@@H](Nc2cccc3c2cc(-c2cc(CN)on2)n3C(F)C(F)F)[C@@H](F)C1. The predicted octanol–water partition coefficient (Wildman–Crippen LogP) is 3.94. The third-order valence-corrected chi connectivity index (χ3v) is 5.45. The van der Waals surface area contributed by atoms with E-state index in [9.17, 15) is 17.6 Å². The van der Waals surface area contributed by atoms with Crippen molar-refractivity contribution < 1.29 is 22.1 Å². The number of hydrogen-bond donors (Lipinski definition) is 2. The zero-order chi connectivity index (χ0) is 21.4. The van der Waals surface area contributed by atoms with E-state index in [0.29, 0.717) is 29.8 Å². The van der Waals surface area contributed by atoms with Crippen LogP contribution in [0.1, 0.15) is 18.5 Å². The number of nitrogens with zero attached hydrogens (tertiary/aromatic N) is 3. The van der Waals surface area contributed by atoms with E-state index in [2.05, 4.69) is 10.5 Å². The number of nitrogens with one attached hydrogen (secondary N) is 1. The highest BCUT2D eigenvalue weighted by molar-refractivity contribution is 5.96. The second-order valence-corrected chi connectivity index (χ2v) is 7.55. The molecule has 0 amide bonds. The molecule has 1 unspecified atom stereocenters. The van der Waals surface area contributed by atoms with Crippen molar-refractivity contribution in [1.82, 2.24) is 14.6 Å². The zero-order valence-electron chi connectivity index (χ0n) is 16.4. The lowest BCUT2D eigenvalue weighted by atomic mass is 10.0. The summed E-state index contributed by atoms with van der Waals surface area (Å²) in [7, 11) is 1.86. The van der Waals surface area contributed by atoms with E-state index >= 15 is 0 Å². The van der Waals surface area contributed by atoms with Gasteiger partial charge < -0.3 is 25.0 Å². The Morgan fingerprint density at radius 2 is 2.10 bits per heavy atom. The maximum absolute atomic E-state index is 14.6. The Hall–Kier alpha value is -2.59. The van der Waals surface area contributed by atoms with Gasteiger partial charge in [-0.2, -0.15) is 0 Å². The van der Waals surface area contributed by atoms with E-state index in [1.54, 1.807) is 24.3 Å². The lowest BCUT2D eigenvalue weighted by Gasteiger charge is -2.33. The molecule has 0 aliphatic carbocycles. The standard InChI is InChI=1S/C20H23F4N5O/c1-28-6-5-15(13(21)10-28)26-14-3-2-4-17-12(14)8-18(29(17)20(24)19(22)23)16-7-11(9-25)30-27-16/h2-4,7-8,13,15,19-20,26H,5-6,9-10,25H2,1H3/t13-,15+,20?/m0/s1. The third kappa shape index (κ3) is 3.77. The van der Waals surface area contributed by atoms with Gasteiger partial charge in [0.2, 0.25) is 6.30 Å². The van der Waals surface area contributed by atoms with Gasteiger partial charge in [0, 0.05) is 30.2 Å². The largest absolute Gasteiger partial charge is 0.379 e. The van der Waals surface area contributed by atoms with Crippen molar-refractivity contribution in [3.05, 3.63) is 36.1 Å². The van der Waals surface area contributed by atoms with Crippen LogP contribution in [0.5, 0.6) is 0 Å². The topological polar surface area (TPSA) is 72.2 Å². The van der Waals surface area contributed by atoms with Gasteiger partial charge in [-0.1, -0.05) is 11.2 Å². The number of hydrogen-bond acceptors (Lipinski definition) is 5. The molecule has 0 bridgehead atoms. The highest BCUT2D eigenvalue weighted by Crippen LogP contribution is 2.37. The van der Waals surface area contributed by atoms with Crippen LogP contribution in [0.4, 0.5) is 23.2 Å². The molecule has 1 fully saturated rings. The summed E-state index contributed by atoms with van der Waals surface area (Å²) >= 11 is 0. The smallest absolute Gasteiger partial charge is 0.288 e. The van der Waals surface area contributed by atoms with E-state index in [-0.39, 0.29) is 23.4 Å². The average molecular weight is 425 g/mol. The van der Waals surface area contributed by atoms with Crippen LogP contribution in [-0.2, 0) is 6.54 Å². The van der Waals surface area contributed by atoms with Gasteiger partial charge in [-0.05, 0) is 31.7 Å². The maximum atomic E-state index is 14.6. The fourth-order valence-electron chi connectivity index (χ4n) is 3.90. The van der Waals surface area contributed by atoms with Gasteiger partial charge in [-0.15, -0.1) is 0 Å². The molecular formula is C20H23F4N5O. The number of benzene rings is 1. The Morgan fingerprint density at radius 1 is 1.30 bits per heavy atom. The van der Waals surface area contributed by atoms with Gasteiger partial charge in [0.25, 0.3) is 6.43 Å². The molecule has 162 valence electrons. The summed E-state index contributed by atoms with van der Waals surface area (Å²) in [5.74, 6) is 0.346. The first-order valence-corrected chi connectivity index (χ1v) is 9.70. The van der Waals surface area contributed by atoms with Gasteiger partial charge in [0.1, 0.15) is 11.9 Å². The van der Waals surface area contributed by atoms with Crippen molar-refractivity contribution in [2.75, 3.05) is 25.5 Å². The Morgan fingerprint density at radius 3 is 2.77 bits per heavy atom. The summed E-state index contributed by atoms with van der Waals surface area (Å²) in [5, 5.41) is 7.53. The van der Waals surface area contributed by atoms with E-state index in [1.165, 1.54) is 6.07 Å². The number of likely N-dealkylation sites (tertiary alicyclic amines) is 1. The second kappa shape index (κ2) is 8.27. The van der Waals surface area contributed by atoms with Gasteiger partial charge >= 0.3 is 0 Å². The second-order valence-electron chi connectivity index (χ2n) is 7.55. The van der Waals surface area contributed by atoms with Gasteiger partial charge in [-0.25, -0.2) is 17.6 Å². The minimum Gasteiger partial charge on any atom is -0.379 e. The molecule has 1 aromatic carbocycles. The minimum absolute atomic E-state index is 0.0714. The molecule has 3 heterocycles. The number of alkyl halides is 4. The van der Waals surface area contributed by atoms with Crippen molar-refractivity contribution in [3.63, 3.8) is 0 Å². The lowest BCUT2D eigenvalue weighted by Crippen LogP contribution is -2.46. The number of rotatable bonds is 6. The fourth-order valence-corrected chi connectivity index (χ4v) is 3.90. The van der Waals surface area contributed by atoms with Crippen molar-refractivity contribution in [2.45, 2.75) is 37.9 Å². The number of anilines is 1. The molecule has 10 heteroatoms. The first-order chi connectivity index (χ1) is 14.4. The molecular weight excluding hydrogens is 402 g/mol. The molecule has 2 aromatic heterocycles. The van der Waals surface area contributed by atoms with Crippen LogP contribution in [0.25, 0.3) is 22.3 Å². The molecule has 0 saturated carbocycles. The molecule has 30 heavy (non-hydrogen) atoms. The summed E-state index contributed by atoms with van der Waals surface area (Å²) in [6.07, 6.45) is -6.31. The first kappa shape index (κ1) is 20.7. The molecule has 3 atom stereocenters. The summed E-state index contributed by atoms with van der Waals surface area (Å²) in [4.78, 5) is 1.91. The molecule has 3 N–H and O–H groups in total. The van der Waals surface area contributed by atoms with Crippen LogP contribution < -0.4 is 11.1 Å². The Balaban J connectivity index is 1.79. The molecule has 6 nitrogen and oxygen atoms in total. The van der Waals surface area contributed by atoms with Crippen LogP contribution in [0.3, 0.4) is 0 Å². The molecule has 4 rings (SSSR count). The highest BCUT2D eigenvalue weighted by atomic mass is 19.3. The van der Waals surface area contributed by atoms with Crippen molar-refractivity contribution in [1.29, 1.82) is 0 Å². The van der Waals surface area contributed by atoms with Crippen molar-refractivity contribution in [2.24, 2.45) is 5.73 Å². The Kier molecular flexibility index (Phi) is 5.70. The highest BCUT2D eigenvalue weighted by Gasteiger charge is 2.30. The summed E-state index contributed by atoms with van der Waals surface area (Å²) in [6.45, 7) is 1.11. The molecule has 3 aromatic rings. The molecule has 1 aliphatic rings. The number of fused-ring (bicyclic) bond motifs is 1. The van der Waals surface area contributed by atoms with Crippen LogP contribution in [0, 0.1) is 0 Å². The predicted molar refractivity (Wildman–Crippen MR) is 106 cm³/mol. The minimum atomic E-state index is -3.24. The van der Waals surface area contributed by atoms with Crippen LogP contribution in [-0.4, -0.2) is 53.4 Å². The maximum Gasteiger partial charge on any atom is 0.288 e. The van der Waals surface area contributed by atoms with Crippen LogP contribution in [0.2, 0.25) is 0 Å². The van der Waals surface area contributed by atoms with Crippen molar-refractivity contribution in [3.8, 4) is 11.4 Å². The van der Waals surface area contributed by atoms with Crippen LogP contribution >= 0.6 is 0 Å². The van der Waals surface area contributed by atoms with Gasteiger partial charge in [0.05, 0.1) is 23.8 Å². The Labute approximate surface area is 170 Å². The average Bonchev–Trinajstić information content (AvgIpc) is 3.34. The van der Waals surface area contributed by atoms with Crippen LogP contribution in [0.15, 0.2) is 34.9 Å². The van der Waals surface area contributed by atoms with Gasteiger partial charge in [0.15, 0.2) is 5.76 Å². The third-order valence-electron chi connectivity index (χ3n) is 5.45. The van der Waals surface area contributed by atoms with Gasteiger partial charge in [-0.3, -0.25) is 0 Å². The molecule has 0 radical (unpaired) electrons. The number of piperidine rings is 1. The van der Waals surface area contributed by atoms with Crippen molar-refractivity contribution >= 4 is 16.6 Å². The van der Waals surface area contributed by atoms with E-state index < -0.39 is 24.9 Å². The Bertz CT molecular complexity index is 1020. The summed E-state index contributed by atoms with van der Waals surface area (Å²) in [6, 6.07) is 7.53. The lowest BCUT2D eigenvalue weighted by molar-refractivity contribution is 0.0115. The number of halogens is 4. The summed E-state index contributed by atoms with van der Waals surface area (Å²) < 4.78 is 61.7. The van der Waals surface area contributed by atoms with E-state index in [1.807, 2.05) is 11.9 Å². The first-order valence-electron chi connectivity index (χ1n) is 9.70. The molecule has 1 aliphatic heterocycles. The normalized spacial score (nSPS) is 21.4.